The molecule has 2 N–H and O–H groups in total. The Balaban J connectivity index is 0.00000392. The summed E-state index contributed by atoms with van der Waals surface area (Å²) in [6.07, 6.45) is 3.35. The second-order valence-corrected chi connectivity index (χ2v) is 7.19. The molecule has 0 amide bonds. The van der Waals surface area contributed by atoms with Gasteiger partial charge in [-0.1, -0.05) is 17.7 Å². The summed E-state index contributed by atoms with van der Waals surface area (Å²) in [7, 11) is 3.42. The molecule has 1 heterocycles. The second-order valence-electron chi connectivity index (χ2n) is 6.76. The topological polar surface area (TPSA) is 58.1 Å². The number of rotatable bonds is 9. The van der Waals surface area contributed by atoms with Crippen molar-refractivity contribution < 1.29 is 9.47 Å². The highest BCUT2D eigenvalue weighted by molar-refractivity contribution is 14.0. The number of ether oxygens (including phenoxy) is 2. The van der Waals surface area contributed by atoms with Crippen molar-refractivity contribution in [3.63, 3.8) is 0 Å². The van der Waals surface area contributed by atoms with Crippen molar-refractivity contribution in [2.75, 3.05) is 47.0 Å². The van der Waals surface area contributed by atoms with E-state index in [1.807, 2.05) is 18.2 Å². The van der Waals surface area contributed by atoms with Gasteiger partial charge in [-0.2, -0.15) is 0 Å². The molecule has 1 aliphatic rings. The van der Waals surface area contributed by atoms with E-state index in [2.05, 4.69) is 22.5 Å². The highest BCUT2D eigenvalue weighted by atomic mass is 127. The van der Waals surface area contributed by atoms with E-state index >= 15 is 0 Å². The molecule has 0 saturated carbocycles. The number of nitrogens with one attached hydrogen (secondary N) is 2. The fourth-order valence-corrected chi connectivity index (χ4v) is 3.42. The minimum atomic E-state index is 0. The fraction of sp³-hybridized carbons (Fsp3) is 0.650. The van der Waals surface area contributed by atoms with Crippen LogP contribution in [0.4, 0.5) is 0 Å². The van der Waals surface area contributed by atoms with Gasteiger partial charge < -0.3 is 25.0 Å². The molecule has 8 heteroatoms. The average Bonchev–Trinajstić information content (AvgIpc) is 2.68. The second kappa shape index (κ2) is 14.3. The van der Waals surface area contributed by atoms with Gasteiger partial charge in [0.25, 0.3) is 0 Å². The van der Waals surface area contributed by atoms with Gasteiger partial charge in [-0.05, 0) is 38.3 Å². The van der Waals surface area contributed by atoms with Crippen LogP contribution in [0.2, 0.25) is 5.02 Å². The molecule has 0 aliphatic carbocycles. The maximum absolute atomic E-state index is 6.04. The Morgan fingerprint density at radius 1 is 1.29 bits per heavy atom. The molecule has 1 saturated heterocycles. The van der Waals surface area contributed by atoms with E-state index in [9.17, 15) is 0 Å². The van der Waals surface area contributed by atoms with Gasteiger partial charge in [0.2, 0.25) is 0 Å². The summed E-state index contributed by atoms with van der Waals surface area (Å²) in [6, 6.07) is 6.11. The summed E-state index contributed by atoms with van der Waals surface area (Å²) >= 11 is 6.04. The molecule has 0 bridgehead atoms. The largest absolute Gasteiger partial charge is 0.496 e. The number of benzene rings is 1. The van der Waals surface area contributed by atoms with Crippen LogP contribution in [0.5, 0.6) is 5.75 Å². The van der Waals surface area contributed by atoms with E-state index < -0.39 is 0 Å². The van der Waals surface area contributed by atoms with Gasteiger partial charge in [0.15, 0.2) is 5.96 Å². The molecule has 0 aromatic heterocycles. The van der Waals surface area contributed by atoms with Gasteiger partial charge in [-0.25, -0.2) is 4.99 Å². The van der Waals surface area contributed by atoms with Crippen molar-refractivity contribution in [1.82, 2.24) is 15.5 Å². The lowest BCUT2D eigenvalue weighted by molar-refractivity contribution is 0.155. The van der Waals surface area contributed by atoms with Gasteiger partial charge in [0.1, 0.15) is 5.75 Å². The summed E-state index contributed by atoms with van der Waals surface area (Å²) in [5, 5.41) is 7.60. The highest BCUT2D eigenvalue weighted by Gasteiger charge is 2.19. The van der Waals surface area contributed by atoms with E-state index in [1.54, 1.807) is 14.2 Å². The third-order valence-electron chi connectivity index (χ3n) is 4.75. The number of halogens is 2. The molecule has 1 fully saturated rings. The number of nitrogens with zero attached hydrogens (tertiary/aromatic N) is 2. The lowest BCUT2D eigenvalue weighted by atomic mass is 10.1. The Morgan fingerprint density at radius 2 is 2.04 bits per heavy atom. The monoisotopic (exact) mass is 524 g/mol. The molecule has 0 unspecified atom stereocenters. The smallest absolute Gasteiger partial charge is 0.191 e. The van der Waals surface area contributed by atoms with Crippen LogP contribution in [0.25, 0.3) is 0 Å². The first-order valence-electron chi connectivity index (χ1n) is 9.74. The van der Waals surface area contributed by atoms with Gasteiger partial charge >= 0.3 is 0 Å². The zero-order valence-electron chi connectivity index (χ0n) is 17.2. The number of likely N-dealkylation sites (tertiary alicyclic amines) is 1. The number of hydrogen-bond acceptors (Lipinski definition) is 4. The molecule has 0 spiro atoms. The first-order valence-corrected chi connectivity index (χ1v) is 10.1. The minimum Gasteiger partial charge on any atom is -0.496 e. The lowest BCUT2D eigenvalue weighted by Crippen LogP contribution is -2.48. The molecule has 1 aromatic carbocycles. The highest BCUT2D eigenvalue weighted by Crippen LogP contribution is 2.23. The predicted octanol–water partition coefficient (Wildman–Crippen LogP) is 3.52. The zero-order valence-corrected chi connectivity index (χ0v) is 20.3. The first-order chi connectivity index (χ1) is 13.2. The molecule has 1 aromatic rings. The van der Waals surface area contributed by atoms with Crippen LogP contribution >= 0.6 is 35.6 Å². The van der Waals surface area contributed by atoms with Crippen LogP contribution in [-0.4, -0.2) is 63.9 Å². The Morgan fingerprint density at radius 3 is 2.68 bits per heavy atom. The molecule has 0 atom stereocenters. The zero-order chi connectivity index (χ0) is 19.5. The predicted molar refractivity (Wildman–Crippen MR) is 127 cm³/mol. The van der Waals surface area contributed by atoms with E-state index in [0.29, 0.717) is 17.6 Å². The normalized spacial score (nSPS) is 15.8. The molecule has 28 heavy (non-hydrogen) atoms. The Bertz CT molecular complexity index is 596. The Kier molecular flexibility index (Phi) is 12.9. The number of methoxy groups -OCH3 is 2. The molecule has 1 aliphatic heterocycles. The molecular weight excluding hydrogens is 491 g/mol. The SMILES string of the molecule is CCNC(=NCc1ccc(Cl)cc1OC)NC1CCN(CCCOC)CC1.I. The molecule has 160 valence electrons. The summed E-state index contributed by atoms with van der Waals surface area (Å²) < 4.78 is 10.6. The minimum absolute atomic E-state index is 0. The van der Waals surface area contributed by atoms with E-state index in [4.69, 9.17) is 26.1 Å². The van der Waals surface area contributed by atoms with Gasteiger partial charge in [-0.15, -0.1) is 24.0 Å². The maximum Gasteiger partial charge on any atom is 0.191 e. The molecular formula is C20H34ClIN4O2. The summed E-state index contributed by atoms with van der Waals surface area (Å²) in [5.41, 5.74) is 1.02. The van der Waals surface area contributed by atoms with Crippen LogP contribution in [0.15, 0.2) is 23.2 Å². The van der Waals surface area contributed by atoms with Gasteiger partial charge in [0, 0.05) is 56.5 Å². The number of guanidine groups is 1. The molecule has 6 nitrogen and oxygen atoms in total. The van der Waals surface area contributed by atoms with Gasteiger partial charge in [-0.3, -0.25) is 0 Å². The average molecular weight is 525 g/mol. The lowest BCUT2D eigenvalue weighted by Gasteiger charge is -2.33. The van der Waals surface area contributed by atoms with Crippen LogP contribution in [0.3, 0.4) is 0 Å². The summed E-state index contributed by atoms with van der Waals surface area (Å²) in [4.78, 5) is 7.25. The maximum atomic E-state index is 6.04. The number of piperidine rings is 1. The van der Waals surface area contributed by atoms with Crippen LogP contribution < -0.4 is 15.4 Å². The van der Waals surface area contributed by atoms with Crippen LogP contribution in [0.1, 0.15) is 31.7 Å². The quantitative estimate of drug-likeness (QED) is 0.224. The number of hydrogen-bond donors (Lipinski definition) is 2. The van der Waals surface area contributed by atoms with Crippen LogP contribution in [0, 0.1) is 0 Å². The van der Waals surface area contributed by atoms with E-state index in [-0.39, 0.29) is 24.0 Å². The van der Waals surface area contributed by atoms with E-state index in [1.165, 1.54) is 0 Å². The van der Waals surface area contributed by atoms with Crippen molar-refractivity contribution in [3.8, 4) is 5.75 Å². The Labute approximate surface area is 191 Å². The third-order valence-corrected chi connectivity index (χ3v) is 4.99. The van der Waals surface area contributed by atoms with Crippen LogP contribution in [-0.2, 0) is 11.3 Å². The van der Waals surface area contributed by atoms with Crippen molar-refractivity contribution in [2.24, 2.45) is 4.99 Å². The van der Waals surface area contributed by atoms with Crippen molar-refractivity contribution in [2.45, 2.75) is 38.8 Å². The number of aliphatic imine (C=N–C) groups is 1. The first kappa shape index (κ1) is 25.3. The third kappa shape index (κ3) is 8.71. The summed E-state index contributed by atoms with van der Waals surface area (Å²) in [6.45, 7) is 7.65. The fourth-order valence-electron chi connectivity index (χ4n) is 3.26. The van der Waals surface area contributed by atoms with Crippen molar-refractivity contribution in [1.29, 1.82) is 0 Å². The Hall–Kier alpha value is -0.770. The van der Waals surface area contributed by atoms with Crippen molar-refractivity contribution in [3.05, 3.63) is 28.8 Å². The van der Waals surface area contributed by atoms with Crippen molar-refractivity contribution >= 4 is 41.5 Å². The molecule has 0 radical (unpaired) electrons. The standard InChI is InChI=1S/C20H33ClN4O2.HI/c1-4-22-20(23-15-16-6-7-17(21)14-19(16)27-3)24-18-8-11-25(12-9-18)10-5-13-26-2;/h6-7,14,18H,4-5,8-13,15H2,1-3H3,(H2,22,23,24);1H. The molecule has 2 rings (SSSR count). The van der Waals surface area contributed by atoms with E-state index in [0.717, 1.165) is 69.3 Å². The summed E-state index contributed by atoms with van der Waals surface area (Å²) in [5.74, 6) is 1.62. The van der Waals surface area contributed by atoms with Gasteiger partial charge in [0.05, 0.1) is 13.7 Å².